The quantitative estimate of drug-likeness (QED) is 0.459. The van der Waals surface area contributed by atoms with E-state index in [1.165, 1.54) is 48.5 Å². The van der Waals surface area contributed by atoms with Crippen LogP contribution >= 0.6 is 23.2 Å². The smallest absolute Gasteiger partial charge is 0.272 e. The van der Waals surface area contributed by atoms with E-state index in [4.69, 9.17) is 23.2 Å². The van der Waals surface area contributed by atoms with Crippen LogP contribution in [-0.2, 0) is 4.79 Å². The Balaban J connectivity index is 1.93. The molecule has 2 N–H and O–H groups in total. The molecule has 0 aliphatic carbocycles. The Hall–Kier alpha value is -3.35. The van der Waals surface area contributed by atoms with Crippen molar-refractivity contribution in [3.63, 3.8) is 0 Å². The molecule has 0 aromatic heterocycles. The molecule has 164 valence electrons. The summed E-state index contributed by atoms with van der Waals surface area (Å²) in [4.78, 5) is 27.6. The normalized spacial score (nSPS) is 11.1. The van der Waals surface area contributed by atoms with E-state index in [9.17, 15) is 14.0 Å². The predicted octanol–water partition coefficient (Wildman–Crippen LogP) is 5.61. The number of anilines is 2. The Morgan fingerprint density at radius 2 is 1.56 bits per heavy atom. The summed E-state index contributed by atoms with van der Waals surface area (Å²) in [6.45, 7) is 0. The molecule has 0 unspecified atom stereocenters. The minimum Gasteiger partial charge on any atom is -0.378 e. The van der Waals surface area contributed by atoms with Crippen LogP contribution in [0.15, 0.2) is 72.4 Å². The second-order valence-electron chi connectivity index (χ2n) is 7.09. The molecule has 0 aliphatic heterocycles. The van der Waals surface area contributed by atoms with Crippen LogP contribution in [0.1, 0.15) is 15.9 Å². The zero-order chi connectivity index (χ0) is 23.3. The number of carbonyl (C=O) groups is 2. The van der Waals surface area contributed by atoms with E-state index in [0.29, 0.717) is 21.3 Å². The molecule has 0 radical (unpaired) electrons. The van der Waals surface area contributed by atoms with E-state index < -0.39 is 17.6 Å². The van der Waals surface area contributed by atoms with Gasteiger partial charge in [-0.05, 0) is 54.1 Å². The molecule has 3 aromatic carbocycles. The van der Waals surface area contributed by atoms with Gasteiger partial charge in [0.2, 0.25) is 0 Å². The molecule has 32 heavy (non-hydrogen) atoms. The number of amides is 2. The number of carbonyl (C=O) groups excluding carboxylic acids is 2. The maximum atomic E-state index is 14.1. The first-order chi connectivity index (χ1) is 15.2. The summed E-state index contributed by atoms with van der Waals surface area (Å²) in [5.41, 5.74) is 1.73. The summed E-state index contributed by atoms with van der Waals surface area (Å²) in [6.07, 6.45) is 1.50. The molecule has 0 saturated heterocycles. The van der Waals surface area contributed by atoms with E-state index in [1.54, 1.807) is 12.1 Å². The third-order valence-corrected chi connectivity index (χ3v) is 4.89. The minimum absolute atomic E-state index is 0.0769. The van der Waals surface area contributed by atoms with Gasteiger partial charge in [-0.15, -0.1) is 0 Å². The zero-order valence-corrected chi connectivity index (χ0v) is 18.8. The number of hydrogen-bond donors (Lipinski definition) is 2. The van der Waals surface area contributed by atoms with E-state index in [2.05, 4.69) is 10.6 Å². The Morgan fingerprint density at radius 3 is 2.16 bits per heavy atom. The summed E-state index contributed by atoms with van der Waals surface area (Å²) in [5.74, 6) is -2.06. The molecule has 0 heterocycles. The van der Waals surface area contributed by atoms with Crippen molar-refractivity contribution in [3.8, 4) is 0 Å². The second kappa shape index (κ2) is 10.3. The van der Waals surface area contributed by atoms with Crippen LogP contribution in [0.3, 0.4) is 0 Å². The highest BCUT2D eigenvalue weighted by atomic mass is 35.5. The monoisotopic (exact) mass is 471 g/mol. The fourth-order valence-corrected chi connectivity index (χ4v) is 3.38. The number of hydrogen-bond acceptors (Lipinski definition) is 3. The van der Waals surface area contributed by atoms with Gasteiger partial charge in [0.1, 0.15) is 11.5 Å². The SMILES string of the molecule is CN(C)c1ccc(/C=C(\NC(=O)c2ccccc2F)C(=O)Nc2cc(Cl)cc(Cl)c2)cc1. The predicted molar refractivity (Wildman–Crippen MR) is 128 cm³/mol. The zero-order valence-electron chi connectivity index (χ0n) is 17.3. The molecule has 0 saturated carbocycles. The van der Waals surface area contributed by atoms with E-state index in [1.807, 2.05) is 31.1 Å². The number of nitrogens with zero attached hydrogens (tertiary/aromatic N) is 1. The van der Waals surface area contributed by atoms with E-state index in [-0.39, 0.29) is 11.3 Å². The van der Waals surface area contributed by atoms with Crippen molar-refractivity contribution in [3.05, 3.63) is 99.4 Å². The van der Waals surface area contributed by atoms with E-state index >= 15 is 0 Å². The minimum atomic E-state index is -0.751. The summed E-state index contributed by atoms with van der Waals surface area (Å²) in [7, 11) is 3.82. The van der Waals surface area contributed by atoms with Crippen LogP contribution in [0.25, 0.3) is 6.08 Å². The van der Waals surface area contributed by atoms with Gasteiger partial charge in [0, 0.05) is 35.5 Å². The Labute approximate surface area is 195 Å². The molecule has 0 fully saturated rings. The first-order valence-electron chi connectivity index (χ1n) is 9.55. The lowest BCUT2D eigenvalue weighted by atomic mass is 10.1. The largest absolute Gasteiger partial charge is 0.378 e. The number of nitrogens with one attached hydrogen (secondary N) is 2. The van der Waals surface area contributed by atoms with Crippen LogP contribution in [-0.4, -0.2) is 25.9 Å². The van der Waals surface area contributed by atoms with Gasteiger partial charge in [0.05, 0.1) is 5.56 Å². The first-order valence-corrected chi connectivity index (χ1v) is 10.3. The molecular weight excluding hydrogens is 452 g/mol. The maximum Gasteiger partial charge on any atom is 0.272 e. The van der Waals surface area contributed by atoms with Crippen molar-refractivity contribution < 1.29 is 14.0 Å². The van der Waals surface area contributed by atoms with Gasteiger partial charge in [-0.3, -0.25) is 9.59 Å². The number of rotatable bonds is 6. The summed E-state index contributed by atoms with van der Waals surface area (Å²) >= 11 is 12.0. The second-order valence-corrected chi connectivity index (χ2v) is 7.96. The first kappa shape index (κ1) is 23.3. The lowest BCUT2D eigenvalue weighted by Crippen LogP contribution is -2.31. The molecule has 0 aliphatic rings. The molecule has 8 heteroatoms. The van der Waals surface area contributed by atoms with Gasteiger partial charge in [-0.25, -0.2) is 4.39 Å². The third kappa shape index (κ3) is 6.09. The average Bonchev–Trinajstić information content (AvgIpc) is 2.73. The molecule has 5 nitrogen and oxygen atoms in total. The van der Waals surface area contributed by atoms with Gasteiger partial charge in [0.15, 0.2) is 0 Å². The highest BCUT2D eigenvalue weighted by Crippen LogP contribution is 2.23. The van der Waals surface area contributed by atoms with Crippen molar-refractivity contribution in [1.29, 1.82) is 0 Å². The van der Waals surface area contributed by atoms with Gasteiger partial charge in [0.25, 0.3) is 11.8 Å². The highest BCUT2D eigenvalue weighted by Gasteiger charge is 2.17. The molecular formula is C24H20Cl2FN3O2. The van der Waals surface area contributed by atoms with Crippen molar-refractivity contribution in [2.75, 3.05) is 24.3 Å². The van der Waals surface area contributed by atoms with Crippen LogP contribution in [0.2, 0.25) is 10.0 Å². The Kier molecular flexibility index (Phi) is 7.51. The van der Waals surface area contributed by atoms with E-state index in [0.717, 1.165) is 5.69 Å². The van der Waals surface area contributed by atoms with Crippen LogP contribution < -0.4 is 15.5 Å². The molecule has 0 bridgehead atoms. The Morgan fingerprint density at radius 1 is 0.938 bits per heavy atom. The molecule has 0 atom stereocenters. The van der Waals surface area contributed by atoms with Crippen molar-refractivity contribution in [2.45, 2.75) is 0 Å². The molecule has 3 rings (SSSR count). The molecule has 0 spiro atoms. The van der Waals surface area contributed by atoms with Crippen LogP contribution in [0.4, 0.5) is 15.8 Å². The number of benzene rings is 3. The van der Waals surface area contributed by atoms with Crippen LogP contribution in [0.5, 0.6) is 0 Å². The third-order valence-electron chi connectivity index (χ3n) is 4.45. The summed E-state index contributed by atoms with van der Waals surface area (Å²) in [5, 5.41) is 5.84. The van der Waals surface area contributed by atoms with Crippen molar-refractivity contribution in [2.24, 2.45) is 0 Å². The maximum absolute atomic E-state index is 14.1. The fraction of sp³-hybridized carbons (Fsp3) is 0.0833. The fourth-order valence-electron chi connectivity index (χ4n) is 2.85. The highest BCUT2D eigenvalue weighted by molar-refractivity contribution is 6.35. The topological polar surface area (TPSA) is 61.4 Å². The van der Waals surface area contributed by atoms with Crippen LogP contribution in [0, 0.1) is 5.82 Å². The summed E-state index contributed by atoms with van der Waals surface area (Å²) in [6, 6.07) is 17.4. The van der Waals surface area contributed by atoms with Crippen molar-refractivity contribution in [1.82, 2.24) is 5.32 Å². The lowest BCUT2D eigenvalue weighted by Gasteiger charge is -2.14. The Bertz CT molecular complexity index is 1160. The average molecular weight is 472 g/mol. The summed E-state index contributed by atoms with van der Waals surface area (Å²) < 4.78 is 14.1. The number of halogens is 3. The molecule has 3 aromatic rings. The lowest BCUT2D eigenvalue weighted by molar-refractivity contribution is -0.113. The molecule has 2 amide bonds. The van der Waals surface area contributed by atoms with Gasteiger partial charge < -0.3 is 15.5 Å². The van der Waals surface area contributed by atoms with Crippen molar-refractivity contribution >= 4 is 52.5 Å². The standard InChI is InChI=1S/C24H20Cl2FN3O2/c1-30(2)19-9-7-15(8-10-19)11-22(29-23(31)20-5-3-4-6-21(20)27)24(32)28-18-13-16(25)12-17(26)14-18/h3-14H,1-2H3,(H,28,32)(H,29,31)/b22-11-. The van der Waals surface area contributed by atoms with Gasteiger partial charge >= 0.3 is 0 Å². The van der Waals surface area contributed by atoms with Gasteiger partial charge in [-0.2, -0.15) is 0 Å². The van der Waals surface area contributed by atoms with Gasteiger partial charge in [-0.1, -0.05) is 47.5 Å².